The summed E-state index contributed by atoms with van der Waals surface area (Å²) in [6.07, 6.45) is -10.2. The van der Waals surface area contributed by atoms with Crippen LogP contribution in [0.4, 0.5) is 26.3 Å². The van der Waals surface area contributed by atoms with Crippen LogP contribution in [-0.4, -0.2) is 165 Å². The fourth-order valence-corrected chi connectivity index (χ4v) is 10.9. The minimum Gasteiger partial charge on any atom is -0.480 e. The summed E-state index contributed by atoms with van der Waals surface area (Å²) in [5, 5.41) is 38.1. The second kappa shape index (κ2) is 25.7. The molecule has 3 aromatic rings. The number of hydrogen-bond donors (Lipinski definition) is 6. The molecular weight excluding hydrogens is 1150 g/mol. The predicted octanol–water partition coefficient (Wildman–Crippen LogP) is 8.15. The Morgan fingerprint density at radius 2 is 1.17 bits per heavy atom. The maximum atomic E-state index is 15.5. The zero-order valence-corrected chi connectivity index (χ0v) is 47.7. The van der Waals surface area contributed by atoms with Crippen molar-refractivity contribution in [2.75, 3.05) is 45.9 Å². The molecule has 8 bridgehead atoms. The number of rotatable bonds is 23. The highest BCUT2D eigenvalue weighted by Crippen LogP contribution is 2.46. The molecule has 460 valence electrons. The number of hydrogen-bond acceptors (Lipinski definition) is 12. The highest BCUT2D eigenvalue weighted by Gasteiger charge is 2.43. The number of ether oxygens (including phenoxy) is 1. The van der Waals surface area contributed by atoms with Crippen molar-refractivity contribution in [1.29, 1.82) is 0 Å². The molecule has 0 aliphatic carbocycles. The Balaban J connectivity index is 1.48. The van der Waals surface area contributed by atoms with Gasteiger partial charge in [-0.3, -0.25) is 48.1 Å². The summed E-state index contributed by atoms with van der Waals surface area (Å²) in [5.74, 6) is -14.6. The van der Waals surface area contributed by atoms with E-state index in [9.17, 15) is 85.1 Å². The summed E-state index contributed by atoms with van der Waals surface area (Å²) in [5.41, 5.74) is 0.681. The van der Waals surface area contributed by atoms with Crippen LogP contribution in [0.15, 0.2) is 36.4 Å². The highest BCUT2D eigenvalue weighted by molar-refractivity contribution is 6.23. The Bertz CT molecular complexity index is 3490. The molecule has 7 rings (SSSR count). The molecular formula is C58H62F6N8O14. The molecule has 0 saturated heterocycles. The summed E-state index contributed by atoms with van der Waals surface area (Å²) in [7, 11) is 0. The zero-order chi connectivity index (χ0) is 63.6. The number of carboxylic acid groups (broad SMARTS) is 4. The summed E-state index contributed by atoms with van der Waals surface area (Å²) in [4.78, 5) is 138. The third-order valence-electron chi connectivity index (χ3n) is 15.3. The average Bonchev–Trinajstić information content (AvgIpc) is 1.61. The maximum Gasteiger partial charge on any atom is 0.416 e. The molecule has 28 heteroatoms. The summed E-state index contributed by atoms with van der Waals surface area (Å²) >= 11 is 0. The van der Waals surface area contributed by atoms with Gasteiger partial charge in [-0.1, -0.05) is 27.2 Å². The molecule has 0 radical (unpaired) electrons. The van der Waals surface area contributed by atoms with Gasteiger partial charge in [0, 0.05) is 47.3 Å². The molecule has 6 heterocycles. The molecule has 6 N–H and O–H groups in total. The Kier molecular flexibility index (Phi) is 19.3. The van der Waals surface area contributed by atoms with Gasteiger partial charge in [-0.15, -0.1) is 0 Å². The van der Waals surface area contributed by atoms with Crippen molar-refractivity contribution in [1.82, 2.24) is 39.5 Å². The number of H-pyrrole nitrogens is 2. The smallest absolute Gasteiger partial charge is 0.416 e. The molecule has 2 aromatic heterocycles. The molecule has 4 aliphatic heterocycles. The van der Waals surface area contributed by atoms with E-state index in [-0.39, 0.29) is 45.9 Å². The molecule has 3 atom stereocenters. The number of amides is 5. The third-order valence-corrected chi connectivity index (χ3v) is 15.3. The number of unbranched alkanes of at least 4 members (excludes halogenated alkanes) is 1. The molecule has 0 fully saturated rings. The van der Waals surface area contributed by atoms with Gasteiger partial charge in [0.1, 0.15) is 39.3 Å². The average molecular weight is 1210 g/mol. The highest BCUT2D eigenvalue weighted by atomic mass is 19.4. The van der Waals surface area contributed by atoms with Crippen LogP contribution in [-0.2, 0) is 57.2 Å². The van der Waals surface area contributed by atoms with E-state index in [4.69, 9.17) is 14.7 Å². The topological polar surface area (TPSA) is 314 Å². The molecule has 1 unspecified atom stereocenters. The number of allylic oxidation sites excluding steroid dienone is 3. The number of carbonyl (C=O) groups is 9. The molecule has 0 spiro atoms. The van der Waals surface area contributed by atoms with Crippen molar-refractivity contribution in [2.24, 2.45) is 0 Å². The number of nitrogens with zero attached hydrogens (tertiary/aromatic N) is 6. The van der Waals surface area contributed by atoms with Gasteiger partial charge >= 0.3 is 36.2 Å². The molecule has 1 aromatic carbocycles. The number of benzene rings is 1. The summed E-state index contributed by atoms with van der Waals surface area (Å²) < 4.78 is 92.1. The quantitative estimate of drug-likeness (QED) is 0.0296. The van der Waals surface area contributed by atoms with Crippen molar-refractivity contribution in [2.45, 2.75) is 117 Å². The van der Waals surface area contributed by atoms with Gasteiger partial charge in [0.25, 0.3) is 11.8 Å². The fourth-order valence-electron chi connectivity index (χ4n) is 10.9. The lowest BCUT2D eigenvalue weighted by molar-refractivity contribution is -0.153. The van der Waals surface area contributed by atoms with Crippen LogP contribution in [0.2, 0.25) is 0 Å². The van der Waals surface area contributed by atoms with Crippen molar-refractivity contribution >= 4 is 86.7 Å². The number of nitrogens with one attached hydrogen (secondary N) is 2. The number of aromatic amines is 2. The number of aryl methyl sites for hydroxylation is 1. The Morgan fingerprint density at radius 3 is 1.69 bits per heavy atom. The Morgan fingerprint density at radius 1 is 0.663 bits per heavy atom. The van der Waals surface area contributed by atoms with E-state index in [0.717, 1.165) is 24.0 Å². The van der Waals surface area contributed by atoms with E-state index >= 15 is 4.79 Å². The van der Waals surface area contributed by atoms with E-state index in [1.54, 1.807) is 19.1 Å². The second-order valence-electron chi connectivity index (χ2n) is 21.2. The van der Waals surface area contributed by atoms with Crippen molar-refractivity contribution in [3.05, 3.63) is 104 Å². The molecule has 86 heavy (non-hydrogen) atoms. The van der Waals surface area contributed by atoms with Crippen molar-refractivity contribution in [3.63, 3.8) is 0 Å². The number of alkyl halides is 6. The minimum atomic E-state index is -5.31. The van der Waals surface area contributed by atoms with Gasteiger partial charge in [0.05, 0.1) is 63.2 Å². The van der Waals surface area contributed by atoms with Gasteiger partial charge in [0.2, 0.25) is 17.7 Å². The van der Waals surface area contributed by atoms with Crippen LogP contribution in [0.25, 0.3) is 33.3 Å². The number of aliphatic carboxylic acids is 4. The normalized spacial score (nSPS) is 15.8. The summed E-state index contributed by atoms with van der Waals surface area (Å²) in [6.45, 7) is 4.77. The zero-order valence-electron chi connectivity index (χ0n) is 47.7. The van der Waals surface area contributed by atoms with Gasteiger partial charge in [-0.2, -0.15) is 26.3 Å². The predicted molar refractivity (Wildman–Crippen MR) is 294 cm³/mol. The monoisotopic (exact) mass is 1210 g/mol. The summed E-state index contributed by atoms with van der Waals surface area (Å²) in [6, 6.07) is 5.79. The lowest BCUT2D eigenvalue weighted by atomic mass is 9.84. The van der Waals surface area contributed by atoms with Gasteiger partial charge in [0.15, 0.2) is 0 Å². The van der Waals surface area contributed by atoms with E-state index in [1.807, 2.05) is 40.7 Å². The SMILES string of the molecule is CCCCOC(C)C1=C(C)c2cc3[nH]c(c4c5[nH]c(cc6nc(cc1n2)C(C)=C6CC)c(C)c5C(=O)N(Cc1cc(C(F)(F)F)cc(C(F)(F)F)c1)C4=O)[C@@H](CCC(=O)N(CC(=O)N(CC(=O)O)CC(=O)O)CC(=O)N(CC(=O)O)CC(=O)O)[C@@H]3C. The number of imide groups is 1. The Hall–Kier alpha value is -8.95. The molecule has 5 amide bonds. The minimum absolute atomic E-state index is 0.0339. The molecule has 4 aliphatic rings. The maximum absolute atomic E-state index is 15.5. The fraction of sp³-hybridized carbons (Fsp3) is 0.431. The first kappa shape index (κ1) is 64.6. The van der Waals surface area contributed by atoms with Crippen LogP contribution in [0.3, 0.4) is 0 Å². The first-order valence-corrected chi connectivity index (χ1v) is 27.2. The number of fused-ring (bicyclic) bond motifs is 8. The van der Waals surface area contributed by atoms with Gasteiger partial charge in [-0.05, 0) is 111 Å². The van der Waals surface area contributed by atoms with E-state index < -0.39 is 153 Å². The van der Waals surface area contributed by atoms with Crippen LogP contribution >= 0.6 is 0 Å². The number of aromatic nitrogens is 4. The molecule has 22 nitrogen and oxygen atoms in total. The number of carbonyl (C=O) groups excluding carboxylic acids is 5. The van der Waals surface area contributed by atoms with Crippen molar-refractivity contribution < 1.29 is 94.7 Å². The largest absolute Gasteiger partial charge is 0.480 e. The van der Waals surface area contributed by atoms with Gasteiger partial charge in [-0.25, -0.2) is 9.97 Å². The van der Waals surface area contributed by atoms with Crippen molar-refractivity contribution in [3.8, 4) is 0 Å². The lowest BCUT2D eigenvalue weighted by Gasteiger charge is -2.29. The van der Waals surface area contributed by atoms with Crippen LogP contribution in [0, 0.1) is 6.92 Å². The second-order valence-corrected chi connectivity index (χ2v) is 21.2. The van der Waals surface area contributed by atoms with E-state index in [0.29, 0.717) is 84.4 Å². The standard InChI is InChI=1S/C58H62F6N8O14/c1-8-10-13-86-31(7)50-29(5)39-17-38-28(4)36(11-12-43(73)69(21-44(74)70(23-46(76)77)24-47(78)79)22-45(75)71(25-48(80)81)26-49(82)83)53(67-38)52-54-51(30(6)40(68-54)18-41-35(9-2)27(3)37(65-41)19-42(50)66-39)55(84)72(56(52)85)20-32-14-33(57(59,60)61)16-34(15-32)58(62,63)64/h14-19,28,31,36,67-68H,8-13,20-26H2,1-7H3,(H,76,77)(H,78,79)(H,80,81)(H,82,83)/t28-,31?,36-/m0/s1. The van der Waals surface area contributed by atoms with Crippen LogP contribution < -0.4 is 0 Å². The lowest BCUT2D eigenvalue weighted by Crippen LogP contribution is -2.50. The number of halogens is 6. The van der Waals surface area contributed by atoms with Gasteiger partial charge < -0.3 is 49.8 Å². The third kappa shape index (κ3) is 14.1. The Labute approximate surface area is 486 Å². The first-order valence-electron chi connectivity index (χ1n) is 27.2. The van der Waals surface area contributed by atoms with E-state index in [1.165, 1.54) is 6.92 Å². The number of carboxylic acids is 4. The van der Waals surface area contributed by atoms with Crippen LogP contribution in [0.5, 0.6) is 0 Å². The molecule has 0 saturated carbocycles. The van der Waals surface area contributed by atoms with Crippen LogP contribution in [0.1, 0.15) is 163 Å². The first-order chi connectivity index (χ1) is 40.2. The van der Waals surface area contributed by atoms with E-state index in [2.05, 4.69) is 9.97 Å².